The van der Waals surface area contributed by atoms with Gasteiger partial charge in [0.15, 0.2) is 0 Å². The lowest BCUT2D eigenvalue weighted by atomic mass is 9.94. The van der Waals surface area contributed by atoms with E-state index in [-0.39, 0.29) is 17.9 Å². The van der Waals surface area contributed by atoms with E-state index in [1.807, 2.05) is 19.0 Å². The number of allylic oxidation sites excluding steroid dienone is 2. The first-order valence-corrected chi connectivity index (χ1v) is 10.6. The zero-order valence-electron chi connectivity index (χ0n) is 17.0. The van der Waals surface area contributed by atoms with Crippen molar-refractivity contribution in [2.45, 2.75) is 89.9 Å². The van der Waals surface area contributed by atoms with Crippen LogP contribution in [0.25, 0.3) is 0 Å². The summed E-state index contributed by atoms with van der Waals surface area (Å²) in [4.78, 5) is 26.4. The summed E-state index contributed by atoms with van der Waals surface area (Å²) in [6.07, 6.45) is 19.1. The second-order valence-corrected chi connectivity index (χ2v) is 7.85. The van der Waals surface area contributed by atoms with E-state index >= 15 is 0 Å². The van der Waals surface area contributed by atoms with Gasteiger partial charge in [-0.3, -0.25) is 9.59 Å². The molecule has 0 aliphatic heterocycles. The van der Waals surface area contributed by atoms with Crippen LogP contribution in [0.2, 0.25) is 0 Å². The molecular weight excluding hydrogens is 326 g/mol. The van der Waals surface area contributed by atoms with Gasteiger partial charge in [0.25, 0.3) is 0 Å². The molecule has 150 valence electrons. The molecular formula is C22H39NO3. The average Bonchev–Trinajstić information content (AvgIpc) is 2.60. The minimum Gasteiger partial charge on any atom is -0.393 e. The summed E-state index contributed by atoms with van der Waals surface area (Å²) in [6.45, 7) is 0.834. The van der Waals surface area contributed by atoms with Gasteiger partial charge in [-0.25, -0.2) is 0 Å². The number of hydrogen-bond donors (Lipinski definition) is 0. The van der Waals surface area contributed by atoms with E-state index < -0.39 is 0 Å². The first kappa shape index (κ1) is 22.9. The van der Waals surface area contributed by atoms with Crippen LogP contribution in [0, 0.1) is 5.92 Å². The van der Waals surface area contributed by atoms with Crippen molar-refractivity contribution in [3.63, 3.8) is 0 Å². The highest BCUT2D eigenvalue weighted by Gasteiger charge is 2.22. The summed E-state index contributed by atoms with van der Waals surface area (Å²) < 4.78 is 5.15. The highest BCUT2D eigenvalue weighted by molar-refractivity contribution is 5.86. The Morgan fingerprint density at radius 2 is 1.42 bits per heavy atom. The van der Waals surface area contributed by atoms with Crippen LogP contribution in [0.5, 0.6) is 0 Å². The molecule has 1 unspecified atom stereocenters. The summed E-state index contributed by atoms with van der Waals surface area (Å²) in [5, 5.41) is 0. The van der Waals surface area contributed by atoms with Crippen LogP contribution in [-0.4, -0.2) is 37.5 Å². The molecule has 4 nitrogen and oxygen atoms in total. The molecule has 0 heterocycles. The Balaban J connectivity index is 2.41. The summed E-state index contributed by atoms with van der Waals surface area (Å²) >= 11 is 0. The smallest absolute Gasteiger partial charge is 0.316 e. The number of carbonyl (C=O) groups is 2. The Labute approximate surface area is 160 Å². The van der Waals surface area contributed by atoms with Crippen LogP contribution < -0.4 is 0 Å². The number of carbonyl (C=O) groups excluding carboxylic acids is 2. The fourth-order valence-electron chi connectivity index (χ4n) is 3.41. The maximum absolute atomic E-state index is 12.4. The van der Waals surface area contributed by atoms with E-state index in [2.05, 4.69) is 12.2 Å². The van der Waals surface area contributed by atoms with Crippen molar-refractivity contribution >= 4 is 11.9 Å². The SMILES string of the molecule is CN(C)CCCC(=O)OC(=O)C1CCCCCC=CCCCCCCC1. The third kappa shape index (κ3) is 12.2. The average molecular weight is 366 g/mol. The third-order valence-electron chi connectivity index (χ3n) is 5.05. The van der Waals surface area contributed by atoms with Crippen LogP contribution in [0.15, 0.2) is 12.2 Å². The summed E-state index contributed by atoms with van der Waals surface area (Å²) in [5.41, 5.74) is 0. The molecule has 0 aromatic heterocycles. The molecule has 0 aromatic carbocycles. The minimum atomic E-state index is -0.363. The monoisotopic (exact) mass is 365 g/mol. The lowest BCUT2D eigenvalue weighted by molar-refractivity contribution is -0.163. The van der Waals surface area contributed by atoms with Crippen molar-refractivity contribution in [3.8, 4) is 0 Å². The third-order valence-corrected chi connectivity index (χ3v) is 5.05. The second kappa shape index (κ2) is 15.0. The van der Waals surface area contributed by atoms with Gasteiger partial charge in [0, 0.05) is 6.42 Å². The fraction of sp³-hybridized carbons (Fsp3) is 0.818. The van der Waals surface area contributed by atoms with Crippen molar-refractivity contribution in [2.75, 3.05) is 20.6 Å². The van der Waals surface area contributed by atoms with Gasteiger partial charge in [-0.05, 0) is 65.6 Å². The largest absolute Gasteiger partial charge is 0.393 e. The molecule has 0 bridgehead atoms. The Morgan fingerprint density at radius 1 is 0.885 bits per heavy atom. The molecule has 0 amide bonds. The molecule has 0 fully saturated rings. The van der Waals surface area contributed by atoms with E-state index in [9.17, 15) is 9.59 Å². The van der Waals surface area contributed by atoms with Crippen LogP contribution in [-0.2, 0) is 14.3 Å². The van der Waals surface area contributed by atoms with Gasteiger partial charge in [0.2, 0.25) is 0 Å². The first-order valence-electron chi connectivity index (χ1n) is 10.6. The number of esters is 2. The topological polar surface area (TPSA) is 46.6 Å². The van der Waals surface area contributed by atoms with Crippen molar-refractivity contribution in [3.05, 3.63) is 12.2 Å². The number of rotatable bonds is 5. The molecule has 26 heavy (non-hydrogen) atoms. The predicted octanol–water partition coefficient (Wildman–Crippen LogP) is 5.27. The summed E-state index contributed by atoms with van der Waals surface area (Å²) in [5.74, 6) is -0.754. The van der Waals surface area contributed by atoms with E-state index in [4.69, 9.17) is 4.74 Å². The Morgan fingerprint density at radius 3 is 2.04 bits per heavy atom. The molecule has 1 aliphatic carbocycles. The minimum absolute atomic E-state index is 0.103. The molecule has 0 N–H and O–H groups in total. The van der Waals surface area contributed by atoms with Gasteiger partial charge >= 0.3 is 11.9 Å². The zero-order valence-corrected chi connectivity index (χ0v) is 17.0. The fourth-order valence-corrected chi connectivity index (χ4v) is 3.41. The maximum Gasteiger partial charge on any atom is 0.316 e. The Hall–Kier alpha value is -1.16. The molecule has 1 rings (SSSR count). The van der Waals surface area contributed by atoms with E-state index in [1.54, 1.807) is 0 Å². The normalized spacial score (nSPS) is 21.0. The molecule has 1 atom stereocenters. The predicted molar refractivity (Wildman–Crippen MR) is 107 cm³/mol. The number of nitrogens with zero attached hydrogens (tertiary/aromatic N) is 1. The van der Waals surface area contributed by atoms with E-state index in [0.717, 1.165) is 51.5 Å². The molecule has 4 heteroatoms. The van der Waals surface area contributed by atoms with Crippen LogP contribution in [0.1, 0.15) is 89.9 Å². The van der Waals surface area contributed by atoms with Gasteiger partial charge in [-0.1, -0.05) is 50.7 Å². The molecule has 0 radical (unpaired) electrons. The van der Waals surface area contributed by atoms with Crippen molar-refractivity contribution in [2.24, 2.45) is 5.92 Å². The standard InChI is InChI=1S/C22H39NO3/c1-23(2)19-15-18-21(24)26-22(25)20-16-13-11-9-7-5-3-4-6-8-10-12-14-17-20/h3,5,20H,4,6-19H2,1-2H3. The number of ether oxygens (including phenoxy) is 1. The van der Waals surface area contributed by atoms with Gasteiger partial charge in [0.1, 0.15) is 0 Å². The van der Waals surface area contributed by atoms with Crippen molar-refractivity contribution < 1.29 is 14.3 Å². The lowest BCUT2D eigenvalue weighted by Gasteiger charge is -2.15. The Bertz CT molecular complexity index is 418. The van der Waals surface area contributed by atoms with Crippen LogP contribution >= 0.6 is 0 Å². The Kier molecular flexibility index (Phi) is 13.2. The molecule has 0 spiro atoms. The van der Waals surface area contributed by atoms with Crippen molar-refractivity contribution in [1.29, 1.82) is 0 Å². The van der Waals surface area contributed by atoms with E-state index in [1.165, 1.54) is 38.5 Å². The molecule has 0 saturated heterocycles. The molecule has 0 saturated carbocycles. The van der Waals surface area contributed by atoms with Crippen molar-refractivity contribution in [1.82, 2.24) is 4.90 Å². The van der Waals surface area contributed by atoms with Crippen LogP contribution in [0.3, 0.4) is 0 Å². The highest BCUT2D eigenvalue weighted by atomic mass is 16.6. The van der Waals surface area contributed by atoms with Gasteiger partial charge in [0.05, 0.1) is 5.92 Å². The van der Waals surface area contributed by atoms with E-state index in [0.29, 0.717) is 6.42 Å². The van der Waals surface area contributed by atoms with Gasteiger partial charge in [-0.2, -0.15) is 0 Å². The molecule has 0 aromatic rings. The zero-order chi connectivity index (χ0) is 19.0. The lowest BCUT2D eigenvalue weighted by Crippen LogP contribution is -2.22. The number of hydrogen-bond acceptors (Lipinski definition) is 4. The first-order chi connectivity index (χ1) is 12.6. The van der Waals surface area contributed by atoms with Gasteiger partial charge in [-0.15, -0.1) is 0 Å². The van der Waals surface area contributed by atoms with Crippen LogP contribution in [0.4, 0.5) is 0 Å². The summed E-state index contributed by atoms with van der Waals surface area (Å²) in [7, 11) is 3.95. The molecule has 1 aliphatic rings. The maximum atomic E-state index is 12.4. The quantitative estimate of drug-likeness (QED) is 0.378. The second-order valence-electron chi connectivity index (χ2n) is 7.85. The van der Waals surface area contributed by atoms with Gasteiger partial charge < -0.3 is 9.64 Å². The summed E-state index contributed by atoms with van der Waals surface area (Å²) in [6, 6.07) is 0. The highest BCUT2D eigenvalue weighted by Crippen LogP contribution is 2.21.